The molecule has 4 aromatic rings. The normalized spacial score (nSPS) is 11.5. The number of carboxylic acid groups (broad SMARTS) is 1. The van der Waals surface area contributed by atoms with E-state index >= 15 is 0 Å². The molecule has 44 heavy (non-hydrogen) atoms. The highest BCUT2D eigenvalue weighted by Gasteiger charge is 2.11. The number of quaternary nitrogens is 1. The van der Waals surface area contributed by atoms with Gasteiger partial charge in [-0.2, -0.15) is 15.5 Å². The summed E-state index contributed by atoms with van der Waals surface area (Å²) in [5.74, 6) is -1.27. The van der Waals surface area contributed by atoms with Crippen LogP contribution in [0.15, 0.2) is 120 Å². The number of amides is 1. The van der Waals surface area contributed by atoms with Gasteiger partial charge in [0.2, 0.25) is 0 Å². The average molecular weight is 637 g/mol. The number of hydrogen-bond acceptors (Lipinski definition) is 5. The van der Waals surface area contributed by atoms with Crippen LogP contribution in [0.3, 0.4) is 0 Å². The highest BCUT2D eigenvalue weighted by atomic mass is 35.5. The molecule has 1 heterocycles. The van der Waals surface area contributed by atoms with E-state index in [0.29, 0.717) is 22.8 Å². The van der Waals surface area contributed by atoms with Crippen LogP contribution >= 0.6 is 23.2 Å². The Bertz CT molecular complexity index is 1630. The molecule has 0 unspecified atom stereocenters. The minimum Gasteiger partial charge on any atom is -0.481 e. The Balaban J connectivity index is 0.000000512. The van der Waals surface area contributed by atoms with E-state index in [4.69, 9.17) is 28.3 Å². The lowest BCUT2D eigenvalue weighted by Gasteiger charge is -2.11. The fourth-order valence-corrected chi connectivity index (χ4v) is 4.36. The minimum absolute atomic E-state index is 0.0787. The second kappa shape index (κ2) is 17.6. The SMILES string of the molecule is C\C=C/C=C(Cl)\C=C\Cl.O=C(O)CCNC(=O)c1ccc(Cn2nccc2-c2cccc(-c3cccc([NH+](O)O)c3)c2)cc1. The van der Waals surface area contributed by atoms with Crippen LogP contribution in [0.2, 0.25) is 0 Å². The smallest absolute Gasteiger partial charge is 0.305 e. The van der Waals surface area contributed by atoms with Gasteiger partial charge in [-0.15, -0.1) is 0 Å². The maximum Gasteiger partial charge on any atom is 0.305 e. The summed E-state index contributed by atoms with van der Waals surface area (Å²) in [6.07, 6.45) is 8.72. The van der Waals surface area contributed by atoms with E-state index in [1.54, 1.807) is 48.7 Å². The van der Waals surface area contributed by atoms with Crippen molar-refractivity contribution in [2.45, 2.75) is 19.9 Å². The van der Waals surface area contributed by atoms with Gasteiger partial charge in [-0.05, 0) is 65.3 Å². The lowest BCUT2D eigenvalue weighted by Crippen LogP contribution is -3.01. The highest BCUT2D eigenvalue weighted by molar-refractivity contribution is 6.33. The summed E-state index contributed by atoms with van der Waals surface area (Å²) in [7, 11) is 0. The van der Waals surface area contributed by atoms with Gasteiger partial charge in [0, 0.05) is 46.6 Å². The van der Waals surface area contributed by atoms with Gasteiger partial charge < -0.3 is 10.4 Å². The van der Waals surface area contributed by atoms with E-state index in [2.05, 4.69) is 10.4 Å². The molecule has 0 bridgehead atoms. The summed E-state index contributed by atoms with van der Waals surface area (Å²) in [5.41, 5.74) is 6.78. The van der Waals surface area contributed by atoms with Crippen molar-refractivity contribution >= 4 is 40.8 Å². The van der Waals surface area contributed by atoms with E-state index in [9.17, 15) is 20.0 Å². The van der Waals surface area contributed by atoms with E-state index < -0.39 is 11.2 Å². The molecule has 1 amide bonds. The number of aliphatic carboxylic acids is 1. The van der Waals surface area contributed by atoms with Crippen molar-refractivity contribution in [2.24, 2.45) is 0 Å². The molecular weight excluding hydrogens is 603 g/mol. The van der Waals surface area contributed by atoms with Crippen molar-refractivity contribution in [3.63, 3.8) is 0 Å². The molecule has 0 saturated carbocycles. The van der Waals surface area contributed by atoms with Crippen molar-refractivity contribution in [1.29, 1.82) is 0 Å². The topological polar surface area (TPSA) is 129 Å². The van der Waals surface area contributed by atoms with Crippen LogP contribution in [0.5, 0.6) is 0 Å². The van der Waals surface area contributed by atoms with Crippen molar-refractivity contribution in [2.75, 3.05) is 6.54 Å². The van der Waals surface area contributed by atoms with Crippen LogP contribution in [-0.2, 0) is 11.3 Å². The van der Waals surface area contributed by atoms with Crippen LogP contribution in [0.4, 0.5) is 5.69 Å². The number of hydrogen-bond donors (Lipinski definition) is 5. The first kappa shape index (κ1) is 34.0. The first-order valence-electron chi connectivity index (χ1n) is 13.5. The second-order valence-corrected chi connectivity index (χ2v) is 10.0. The molecule has 5 N–H and O–H groups in total. The third-order valence-corrected chi connectivity index (χ3v) is 6.55. The maximum atomic E-state index is 12.2. The summed E-state index contributed by atoms with van der Waals surface area (Å²) < 4.78 is 1.87. The summed E-state index contributed by atoms with van der Waals surface area (Å²) in [5, 5.41) is 34.4. The summed E-state index contributed by atoms with van der Waals surface area (Å²) in [6, 6.07) is 23.9. The Morgan fingerprint density at radius 1 is 0.977 bits per heavy atom. The Morgan fingerprint density at radius 3 is 2.32 bits per heavy atom. The molecule has 0 atom stereocenters. The Labute approximate surface area is 265 Å². The fourth-order valence-electron chi connectivity index (χ4n) is 4.02. The van der Waals surface area contributed by atoms with Crippen molar-refractivity contribution in [3.05, 3.63) is 131 Å². The molecule has 0 saturated heterocycles. The number of benzene rings is 3. The molecule has 11 heteroatoms. The standard InChI is InChI=1S/C26H24N4O5.C7H8Cl2/c31-25(32)12-13-27-26(33)19-9-7-18(8-10-19)17-29-24(11-14-28-29)22-5-1-3-20(15-22)21-4-2-6-23(16-21)30(34)35;1-2-3-4-7(9)5-6-8/h1-11,14-16,34-35H,12-13,17H2,(H,27,33)(H,31,32);2-6H,1H3/p+1/b;3-2-,6-5+,7-4+. The Hall–Kier alpha value is -4.51. The van der Waals surface area contributed by atoms with E-state index in [0.717, 1.165) is 27.9 Å². The fraction of sp³-hybridized carbons (Fsp3) is 0.121. The molecule has 0 radical (unpaired) electrons. The molecular formula is C33H33Cl2N4O5+. The van der Waals surface area contributed by atoms with Crippen LogP contribution in [0.1, 0.15) is 29.3 Å². The molecule has 9 nitrogen and oxygen atoms in total. The minimum atomic E-state index is -0.960. The van der Waals surface area contributed by atoms with Crippen LogP contribution in [-0.4, -0.2) is 43.7 Å². The van der Waals surface area contributed by atoms with Gasteiger partial charge >= 0.3 is 5.97 Å². The highest BCUT2D eigenvalue weighted by Crippen LogP contribution is 2.27. The predicted octanol–water partition coefficient (Wildman–Crippen LogP) is 6.20. The largest absolute Gasteiger partial charge is 0.481 e. The molecule has 0 aliphatic rings. The Morgan fingerprint density at radius 2 is 1.66 bits per heavy atom. The molecule has 3 aromatic carbocycles. The Kier molecular flexibility index (Phi) is 13.6. The van der Waals surface area contributed by atoms with Crippen LogP contribution in [0.25, 0.3) is 22.4 Å². The summed E-state index contributed by atoms with van der Waals surface area (Å²) in [6.45, 7) is 2.50. The van der Waals surface area contributed by atoms with Gasteiger partial charge in [-0.3, -0.25) is 14.3 Å². The van der Waals surface area contributed by atoms with Gasteiger partial charge in [-0.1, -0.05) is 77.8 Å². The van der Waals surface area contributed by atoms with Gasteiger partial charge in [0.05, 0.1) is 18.7 Å². The first-order valence-corrected chi connectivity index (χ1v) is 14.4. The third kappa shape index (κ3) is 10.6. The molecule has 228 valence electrons. The van der Waals surface area contributed by atoms with Gasteiger partial charge in [0.1, 0.15) is 0 Å². The van der Waals surface area contributed by atoms with Crippen molar-refractivity contribution < 1.29 is 30.3 Å². The maximum absolute atomic E-state index is 12.2. The number of allylic oxidation sites excluding steroid dienone is 5. The number of nitrogens with zero attached hydrogens (tertiary/aromatic N) is 2. The zero-order chi connectivity index (χ0) is 31.9. The summed E-state index contributed by atoms with van der Waals surface area (Å²) >= 11 is 10.8. The third-order valence-electron chi connectivity index (χ3n) is 6.17. The molecule has 0 aliphatic carbocycles. The molecule has 0 spiro atoms. The molecule has 0 aliphatic heterocycles. The van der Waals surface area contributed by atoms with Crippen LogP contribution < -0.4 is 10.5 Å². The van der Waals surface area contributed by atoms with Gasteiger partial charge in [0.25, 0.3) is 5.91 Å². The van der Waals surface area contributed by atoms with Gasteiger partial charge in [0.15, 0.2) is 5.69 Å². The number of halogens is 2. The van der Waals surface area contributed by atoms with Gasteiger partial charge in [-0.25, -0.2) is 0 Å². The second-order valence-electron chi connectivity index (χ2n) is 9.33. The number of nitrogens with one attached hydrogen (secondary N) is 2. The average Bonchev–Trinajstić information content (AvgIpc) is 3.49. The van der Waals surface area contributed by atoms with E-state index in [-0.39, 0.29) is 18.9 Å². The molecule has 0 fully saturated rings. The number of rotatable bonds is 11. The van der Waals surface area contributed by atoms with E-state index in [1.165, 1.54) is 5.54 Å². The molecule has 1 aromatic heterocycles. The van der Waals surface area contributed by atoms with Crippen molar-refractivity contribution in [1.82, 2.24) is 15.1 Å². The zero-order valence-corrected chi connectivity index (χ0v) is 25.4. The van der Waals surface area contributed by atoms with Crippen LogP contribution in [0, 0.1) is 0 Å². The number of aromatic nitrogens is 2. The van der Waals surface area contributed by atoms with Crippen molar-refractivity contribution in [3.8, 4) is 22.4 Å². The lowest BCUT2D eigenvalue weighted by molar-refractivity contribution is -1.19. The number of carbonyl (C=O) groups is 2. The zero-order valence-electron chi connectivity index (χ0n) is 23.9. The monoisotopic (exact) mass is 635 g/mol. The molecule has 4 rings (SSSR count). The number of carboxylic acids is 1. The first-order chi connectivity index (χ1) is 21.2. The van der Waals surface area contributed by atoms with E-state index in [1.807, 2.05) is 72.3 Å². The lowest BCUT2D eigenvalue weighted by atomic mass is 10.0. The predicted molar refractivity (Wildman–Crippen MR) is 171 cm³/mol. The quantitative estimate of drug-likeness (QED) is 0.0985. The number of carbonyl (C=O) groups excluding carboxylic acids is 1. The summed E-state index contributed by atoms with van der Waals surface area (Å²) in [4.78, 5) is 22.7.